The van der Waals surface area contributed by atoms with Crippen LogP contribution in [-0.4, -0.2) is 19.7 Å². The molecule has 0 aliphatic heterocycles. The van der Waals surface area contributed by atoms with Gasteiger partial charge in [0.1, 0.15) is 10.3 Å². The molecule has 2 heterocycles. The molecule has 102 valence electrons. The number of rotatable bonds is 4. The molecular formula is C13H16Cl2N4. The van der Waals surface area contributed by atoms with Gasteiger partial charge in [0, 0.05) is 18.8 Å². The van der Waals surface area contributed by atoms with E-state index in [9.17, 15) is 0 Å². The molecule has 4 nitrogen and oxygen atoms in total. The first-order chi connectivity index (χ1) is 9.06. The normalized spacial score (nSPS) is 11.0. The fraction of sp³-hybridized carbons (Fsp3) is 0.462. The van der Waals surface area contributed by atoms with Crippen LogP contribution in [0.2, 0.25) is 10.3 Å². The van der Waals surface area contributed by atoms with E-state index in [1.807, 2.05) is 20.2 Å². The highest BCUT2D eigenvalue weighted by Gasteiger charge is 2.16. The molecule has 2 rings (SSSR count). The van der Waals surface area contributed by atoms with Crippen LogP contribution in [0.15, 0.2) is 6.20 Å². The van der Waals surface area contributed by atoms with Crippen LogP contribution in [0, 0.1) is 0 Å². The van der Waals surface area contributed by atoms with Crippen LogP contribution in [0.25, 0.3) is 11.4 Å². The molecule has 0 aliphatic rings. The minimum Gasteiger partial charge on any atom is -0.275 e. The van der Waals surface area contributed by atoms with Gasteiger partial charge in [0.05, 0.1) is 11.3 Å². The molecule has 0 saturated heterocycles. The third-order valence-electron chi connectivity index (χ3n) is 2.89. The average Bonchev–Trinajstić information content (AvgIpc) is 2.75. The van der Waals surface area contributed by atoms with Gasteiger partial charge in [-0.2, -0.15) is 5.10 Å². The van der Waals surface area contributed by atoms with E-state index in [1.54, 1.807) is 4.68 Å². The van der Waals surface area contributed by atoms with Gasteiger partial charge in [0.25, 0.3) is 0 Å². The van der Waals surface area contributed by atoms with Crippen molar-refractivity contribution in [2.75, 3.05) is 0 Å². The van der Waals surface area contributed by atoms with E-state index in [2.05, 4.69) is 22.0 Å². The molecule has 0 radical (unpaired) electrons. The number of hydrogen-bond acceptors (Lipinski definition) is 3. The summed E-state index contributed by atoms with van der Waals surface area (Å²) in [4.78, 5) is 8.72. The zero-order valence-corrected chi connectivity index (χ0v) is 12.8. The first-order valence-electron chi connectivity index (χ1n) is 6.31. The second kappa shape index (κ2) is 5.88. The second-order valence-corrected chi connectivity index (χ2v) is 5.09. The van der Waals surface area contributed by atoms with Crippen molar-refractivity contribution in [2.24, 2.45) is 7.05 Å². The van der Waals surface area contributed by atoms with Crippen molar-refractivity contribution in [3.63, 3.8) is 0 Å². The average molecular weight is 299 g/mol. The Hall–Kier alpha value is -1.13. The van der Waals surface area contributed by atoms with Gasteiger partial charge >= 0.3 is 0 Å². The summed E-state index contributed by atoms with van der Waals surface area (Å²) >= 11 is 12.4. The number of aromatic nitrogens is 4. The predicted octanol–water partition coefficient (Wildman–Crippen LogP) is 3.70. The number of halogens is 2. The topological polar surface area (TPSA) is 43.6 Å². The lowest BCUT2D eigenvalue weighted by atomic mass is 10.1. The van der Waals surface area contributed by atoms with Gasteiger partial charge in [0.2, 0.25) is 0 Å². The van der Waals surface area contributed by atoms with Crippen molar-refractivity contribution in [1.82, 2.24) is 19.7 Å². The molecule has 0 bridgehead atoms. The first kappa shape index (κ1) is 14.3. The summed E-state index contributed by atoms with van der Waals surface area (Å²) in [6.45, 7) is 4.11. The molecular weight excluding hydrogens is 283 g/mol. The van der Waals surface area contributed by atoms with Gasteiger partial charge in [-0.15, -0.1) is 0 Å². The Kier molecular flexibility index (Phi) is 4.42. The highest BCUT2D eigenvalue weighted by atomic mass is 35.5. The number of hydrogen-bond donors (Lipinski definition) is 0. The fourth-order valence-corrected chi connectivity index (χ4v) is 2.57. The van der Waals surface area contributed by atoms with Crippen molar-refractivity contribution in [1.29, 1.82) is 0 Å². The lowest BCUT2D eigenvalue weighted by Gasteiger charge is -2.07. The molecule has 0 saturated carbocycles. The molecule has 0 fully saturated rings. The van der Waals surface area contributed by atoms with Gasteiger partial charge < -0.3 is 0 Å². The summed E-state index contributed by atoms with van der Waals surface area (Å²) in [5, 5.41) is 5.24. The molecule has 0 spiro atoms. The smallest absolute Gasteiger partial charge is 0.165 e. The van der Waals surface area contributed by atoms with Crippen LogP contribution in [0.3, 0.4) is 0 Å². The second-order valence-electron chi connectivity index (χ2n) is 4.37. The molecule has 6 heteroatoms. The Balaban J connectivity index is 2.51. The maximum atomic E-state index is 6.20. The first-order valence-corrected chi connectivity index (χ1v) is 7.07. The maximum absolute atomic E-state index is 6.20. The van der Waals surface area contributed by atoms with Crippen LogP contribution >= 0.6 is 23.2 Å². The summed E-state index contributed by atoms with van der Waals surface area (Å²) in [6, 6.07) is 0. The fourth-order valence-electron chi connectivity index (χ4n) is 1.99. The summed E-state index contributed by atoms with van der Waals surface area (Å²) < 4.78 is 1.75. The zero-order chi connectivity index (χ0) is 14.0. The molecule has 0 atom stereocenters. The summed E-state index contributed by atoms with van der Waals surface area (Å²) in [7, 11) is 1.87. The summed E-state index contributed by atoms with van der Waals surface area (Å²) in [5.41, 5.74) is 2.64. The number of nitrogens with zero attached hydrogens (tertiary/aromatic N) is 4. The lowest BCUT2D eigenvalue weighted by Crippen LogP contribution is -1.98. The van der Waals surface area contributed by atoms with E-state index in [4.69, 9.17) is 23.2 Å². The van der Waals surface area contributed by atoms with E-state index in [-0.39, 0.29) is 0 Å². The Morgan fingerprint density at radius 2 is 1.79 bits per heavy atom. The summed E-state index contributed by atoms with van der Waals surface area (Å²) in [5.74, 6) is 0.541. The van der Waals surface area contributed by atoms with Gasteiger partial charge in [-0.3, -0.25) is 4.68 Å². The third kappa shape index (κ3) is 2.90. The Labute approximate surface area is 122 Å². The van der Waals surface area contributed by atoms with Crippen molar-refractivity contribution in [3.8, 4) is 11.4 Å². The Morgan fingerprint density at radius 1 is 1.16 bits per heavy atom. The minimum atomic E-state index is 0.433. The Bertz CT molecular complexity index is 569. The highest BCUT2D eigenvalue weighted by Crippen LogP contribution is 2.28. The molecule has 0 unspecified atom stereocenters. The molecule has 2 aromatic rings. The summed E-state index contributed by atoms with van der Waals surface area (Å²) in [6.07, 6.45) is 4.44. The van der Waals surface area contributed by atoms with Crippen LogP contribution in [0.1, 0.15) is 31.5 Å². The van der Waals surface area contributed by atoms with E-state index in [0.717, 1.165) is 36.1 Å². The van der Waals surface area contributed by atoms with E-state index >= 15 is 0 Å². The molecule has 0 aliphatic carbocycles. The van der Waals surface area contributed by atoms with Crippen LogP contribution in [-0.2, 0) is 19.9 Å². The van der Waals surface area contributed by atoms with Gasteiger partial charge in [0.15, 0.2) is 5.82 Å². The van der Waals surface area contributed by atoms with Gasteiger partial charge in [-0.25, -0.2) is 9.97 Å². The standard InChI is InChI=1S/C13H16Cl2N4/c1-4-6-8-11(14)16-13(17-12(8)15)9-7-19(3)18-10(9)5-2/h7H,4-6H2,1-3H3. The minimum absolute atomic E-state index is 0.433. The van der Waals surface area contributed by atoms with E-state index < -0.39 is 0 Å². The van der Waals surface area contributed by atoms with Crippen LogP contribution in [0.4, 0.5) is 0 Å². The molecule has 0 amide bonds. The third-order valence-corrected chi connectivity index (χ3v) is 3.51. The number of aryl methyl sites for hydroxylation is 2. The largest absolute Gasteiger partial charge is 0.275 e. The molecule has 19 heavy (non-hydrogen) atoms. The molecule has 0 N–H and O–H groups in total. The SMILES string of the molecule is CCCc1c(Cl)nc(-c2cn(C)nc2CC)nc1Cl. The van der Waals surface area contributed by atoms with Gasteiger partial charge in [-0.1, -0.05) is 43.5 Å². The van der Waals surface area contributed by atoms with Crippen LogP contribution < -0.4 is 0 Å². The van der Waals surface area contributed by atoms with E-state index in [1.165, 1.54) is 0 Å². The van der Waals surface area contributed by atoms with Crippen molar-refractivity contribution >= 4 is 23.2 Å². The van der Waals surface area contributed by atoms with E-state index in [0.29, 0.717) is 16.1 Å². The van der Waals surface area contributed by atoms with Crippen LogP contribution in [0.5, 0.6) is 0 Å². The Morgan fingerprint density at radius 3 is 2.32 bits per heavy atom. The zero-order valence-electron chi connectivity index (χ0n) is 11.2. The molecule has 0 aromatic carbocycles. The van der Waals surface area contributed by atoms with Crippen molar-refractivity contribution in [2.45, 2.75) is 33.1 Å². The molecule has 2 aromatic heterocycles. The highest BCUT2D eigenvalue weighted by molar-refractivity contribution is 6.34. The van der Waals surface area contributed by atoms with Crippen molar-refractivity contribution < 1.29 is 0 Å². The maximum Gasteiger partial charge on any atom is 0.165 e. The predicted molar refractivity (Wildman–Crippen MR) is 77.6 cm³/mol. The lowest BCUT2D eigenvalue weighted by molar-refractivity contribution is 0.746. The van der Waals surface area contributed by atoms with Gasteiger partial charge in [-0.05, 0) is 12.8 Å². The quantitative estimate of drug-likeness (QED) is 0.809. The monoisotopic (exact) mass is 298 g/mol. The van der Waals surface area contributed by atoms with Crippen molar-refractivity contribution in [3.05, 3.63) is 27.8 Å².